The molecular formula is C12H13BrN4O3. The number of rotatable bonds is 4. The summed E-state index contributed by atoms with van der Waals surface area (Å²) in [7, 11) is 1.58. The Kier molecular flexibility index (Phi) is 3.93. The van der Waals surface area contributed by atoms with Crippen molar-refractivity contribution in [3.05, 3.63) is 44.0 Å². The number of methoxy groups -OCH3 is 1. The molecule has 1 aromatic heterocycles. The van der Waals surface area contributed by atoms with Crippen molar-refractivity contribution < 1.29 is 9.66 Å². The van der Waals surface area contributed by atoms with Gasteiger partial charge >= 0.3 is 5.69 Å². The van der Waals surface area contributed by atoms with Gasteiger partial charge in [-0.3, -0.25) is 10.1 Å². The Morgan fingerprint density at radius 3 is 2.75 bits per heavy atom. The van der Waals surface area contributed by atoms with E-state index in [4.69, 9.17) is 10.5 Å². The van der Waals surface area contributed by atoms with Crippen LogP contribution >= 0.6 is 15.9 Å². The van der Waals surface area contributed by atoms with E-state index < -0.39 is 4.92 Å². The fourth-order valence-corrected chi connectivity index (χ4v) is 2.51. The van der Waals surface area contributed by atoms with E-state index in [1.807, 2.05) is 12.1 Å². The van der Waals surface area contributed by atoms with E-state index in [0.717, 1.165) is 10.0 Å². The van der Waals surface area contributed by atoms with Crippen molar-refractivity contribution in [3.63, 3.8) is 0 Å². The van der Waals surface area contributed by atoms with Crippen molar-refractivity contribution in [1.29, 1.82) is 0 Å². The lowest BCUT2D eigenvalue weighted by Crippen LogP contribution is -2.06. The molecule has 1 aromatic carbocycles. The number of ether oxygens (including phenoxy) is 1. The molecule has 2 aromatic rings. The van der Waals surface area contributed by atoms with E-state index >= 15 is 0 Å². The molecular weight excluding hydrogens is 328 g/mol. The van der Waals surface area contributed by atoms with Crippen LogP contribution in [0.3, 0.4) is 0 Å². The van der Waals surface area contributed by atoms with Gasteiger partial charge in [-0.05, 0) is 40.5 Å². The summed E-state index contributed by atoms with van der Waals surface area (Å²) in [6.45, 7) is 1.91. The summed E-state index contributed by atoms with van der Waals surface area (Å²) in [6, 6.07) is 5.52. The smallest absolute Gasteiger partial charge is 0.333 e. The molecule has 20 heavy (non-hydrogen) atoms. The standard InChI is InChI=1S/C12H13BrN4O3/c1-7-11(17(18)19)12(14)16(15-7)6-8-3-4-10(20-2)9(13)5-8/h3-5H,6,14H2,1-2H3. The fourth-order valence-electron chi connectivity index (χ4n) is 1.92. The van der Waals surface area contributed by atoms with Crippen LogP contribution in [0.2, 0.25) is 0 Å². The number of nitrogens with zero attached hydrogens (tertiary/aromatic N) is 3. The van der Waals surface area contributed by atoms with Crippen LogP contribution in [0.1, 0.15) is 11.3 Å². The molecule has 0 fully saturated rings. The SMILES string of the molecule is COc1ccc(Cn2nc(C)c([N+](=O)[O-])c2N)cc1Br. The first-order valence-electron chi connectivity index (χ1n) is 5.73. The number of aromatic nitrogens is 2. The number of hydrogen-bond donors (Lipinski definition) is 1. The average Bonchev–Trinajstić information content (AvgIpc) is 2.64. The number of benzene rings is 1. The van der Waals surface area contributed by atoms with Crippen LogP contribution < -0.4 is 10.5 Å². The van der Waals surface area contributed by atoms with Gasteiger partial charge in [0.05, 0.1) is 23.1 Å². The van der Waals surface area contributed by atoms with E-state index in [-0.39, 0.29) is 11.5 Å². The molecule has 0 spiro atoms. The lowest BCUT2D eigenvalue weighted by molar-refractivity contribution is -0.384. The topological polar surface area (TPSA) is 96.2 Å². The van der Waals surface area contributed by atoms with Gasteiger partial charge in [0.25, 0.3) is 0 Å². The number of nitrogens with two attached hydrogens (primary N) is 1. The molecule has 1 heterocycles. The molecule has 2 rings (SSSR count). The zero-order chi connectivity index (χ0) is 14.9. The normalized spacial score (nSPS) is 10.6. The van der Waals surface area contributed by atoms with Crippen molar-refractivity contribution >= 4 is 27.4 Å². The third-order valence-corrected chi connectivity index (χ3v) is 3.48. The third kappa shape index (κ3) is 2.60. The summed E-state index contributed by atoms with van der Waals surface area (Å²) in [5.41, 5.74) is 6.84. The minimum absolute atomic E-state index is 0.0550. The van der Waals surface area contributed by atoms with Crippen molar-refractivity contribution in [1.82, 2.24) is 9.78 Å². The first-order chi connectivity index (χ1) is 9.43. The van der Waals surface area contributed by atoms with Gasteiger partial charge in [0.2, 0.25) is 5.82 Å². The molecule has 7 nitrogen and oxygen atoms in total. The molecule has 8 heteroatoms. The van der Waals surface area contributed by atoms with E-state index in [2.05, 4.69) is 21.0 Å². The zero-order valence-corrected chi connectivity index (χ0v) is 12.5. The molecule has 0 aliphatic rings. The highest BCUT2D eigenvalue weighted by Gasteiger charge is 2.22. The Morgan fingerprint density at radius 2 is 2.25 bits per heavy atom. The highest BCUT2D eigenvalue weighted by molar-refractivity contribution is 9.10. The minimum Gasteiger partial charge on any atom is -0.496 e. The maximum absolute atomic E-state index is 10.9. The lowest BCUT2D eigenvalue weighted by Gasteiger charge is -2.07. The molecule has 0 amide bonds. The van der Waals surface area contributed by atoms with Crippen LogP contribution in [-0.4, -0.2) is 21.8 Å². The van der Waals surface area contributed by atoms with Crippen LogP contribution in [0.4, 0.5) is 11.5 Å². The highest BCUT2D eigenvalue weighted by atomic mass is 79.9. The molecule has 0 bridgehead atoms. The number of aryl methyl sites for hydroxylation is 1. The second kappa shape index (κ2) is 5.49. The van der Waals surface area contributed by atoms with Gasteiger partial charge in [-0.25, -0.2) is 4.68 Å². The molecule has 0 atom stereocenters. The number of hydrogen-bond acceptors (Lipinski definition) is 5. The van der Waals surface area contributed by atoms with Crippen LogP contribution in [-0.2, 0) is 6.54 Å². The summed E-state index contributed by atoms with van der Waals surface area (Å²) in [6.07, 6.45) is 0. The highest BCUT2D eigenvalue weighted by Crippen LogP contribution is 2.28. The maximum atomic E-state index is 10.9. The van der Waals surface area contributed by atoms with Crippen molar-refractivity contribution in [3.8, 4) is 5.75 Å². The second-order valence-electron chi connectivity index (χ2n) is 4.20. The zero-order valence-electron chi connectivity index (χ0n) is 11.0. The first-order valence-corrected chi connectivity index (χ1v) is 6.53. The van der Waals surface area contributed by atoms with Gasteiger partial charge < -0.3 is 10.5 Å². The summed E-state index contributed by atoms with van der Waals surface area (Å²) in [5, 5.41) is 15.0. The van der Waals surface area contributed by atoms with E-state index in [1.54, 1.807) is 20.1 Å². The maximum Gasteiger partial charge on any atom is 0.333 e. The minimum atomic E-state index is -0.516. The predicted molar refractivity (Wildman–Crippen MR) is 77.8 cm³/mol. The third-order valence-electron chi connectivity index (χ3n) is 2.87. The van der Waals surface area contributed by atoms with Gasteiger partial charge in [-0.1, -0.05) is 6.07 Å². The number of nitrogen functional groups attached to an aromatic ring is 1. The van der Waals surface area contributed by atoms with Gasteiger partial charge in [-0.15, -0.1) is 0 Å². The first kappa shape index (κ1) is 14.3. The molecule has 0 saturated heterocycles. The quantitative estimate of drug-likeness (QED) is 0.681. The van der Waals surface area contributed by atoms with Crippen LogP contribution in [0.25, 0.3) is 0 Å². The Balaban J connectivity index is 2.33. The number of halogens is 1. The van der Waals surface area contributed by atoms with Gasteiger partial charge in [0, 0.05) is 0 Å². The molecule has 0 aliphatic carbocycles. The van der Waals surface area contributed by atoms with Crippen LogP contribution in [0.5, 0.6) is 5.75 Å². The molecule has 0 radical (unpaired) electrons. The Labute approximate surface area is 123 Å². The largest absolute Gasteiger partial charge is 0.496 e. The Hall–Kier alpha value is -2.09. The molecule has 0 aliphatic heterocycles. The second-order valence-corrected chi connectivity index (χ2v) is 5.06. The summed E-state index contributed by atoms with van der Waals surface area (Å²) in [4.78, 5) is 10.4. The average molecular weight is 341 g/mol. The number of nitro groups is 1. The van der Waals surface area contributed by atoms with Crippen molar-refractivity contribution in [2.24, 2.45) is 0 Å². The number of anilines is 1. The molecule has 106 valence electrons. The van der Waals surface area contributed by atoms with Gasteiger partial charge in [-0.2, -0.15) is 5.10 Å². The van der Waals surface area contributed by atoms with E-state index in [9.17, 15) is 10.1 Å². The molecule has 0 saturated carbocycles. The molecule has 2 N–H and O–H groups in total. The summed E-state index contributed by atoms with van der Waals surface area (Å²) in [5.74, 6) is 0.767. The van der Waals surface area contributed by atoms with E-state index in [1.165, 1.54) is 4.68 Å². The molecule has 0 unspecified atom stereocenters. The Bertz CT molecular complexity index is 669. The Morgan fingerprint density at radius 1 is 1.55 bits per heavy atom. The predicted octanol–water partition coefficient (Wildman–Crippen LogP) is 2.50. The van der Waals surface area contributed by atoms with Gasteiger partial charge in [0.1, 0.15) is 11.4 Å². The monoisotopic (exact) mass is 340 g/mol. The fraction of sp³-hybridized carbons (Fsp3) is 0.250. The van der Waals surface area contributed by atoms with E-state index in [0.29, 0.717) is 18.0 Å². The van der Waals surface area contributed by atoms with Crippen molar-refractivity contribution in [2.45, 2.75) is 13.5 Å². The van der Waals surface area contributed by atoms with Crippen LogP contribution in [0, 0.1) is 17.0 Å². The van der Waals surface area contributed by atoms with Crippen molar-refractivity contribution in [2.75, 3.05) is 12.8 Å². The van der Waals surface area contributed by atoms with Crippen LogP contribution in [0.15, 0.2) is 22.7 Å². The lowest BCUT2D eigenvalue weighted by atomic mass is 10.2. The van der Waals surface area contributed by atoms with Gasteiger partial charge in [0.15, 0.2) is 0 Å². The summed E-state index contributed by atoms with van der Waals surface area (Å²) >= 11 is 3.39. The summed E-state index contributed by atoms with van der Waals surface area (Å²) < 4.78 is 7.36.